The van der Waals surface area contributed by atoms with E-state index in [2.05, 4.69) is 30.4 Å². The van der Waals surface area contributed by atoms with Crippen LogP contribution in [0.1, 0.15) is 37.0 Å². The van der Waals surface area contributed by atoms with Crippen LogP contribution in [0, 0.1) is 0 Å². The molecule has 2 aromatic rings. The summed E-state index contributed by atoms with van der Waals surface area (Å²) in [6.45, 7) is 5.06. The van der Waals surface area contributed by atoms with Gasteiger partial charge < -0.3 is 10.3 Å². The summed E-state index contributed by atoms with van der Waals surface area (Å²) < 4.78 is 0.138. The lowest BCUT2D eigenvalue weighted by molar-refractivity contribution is 0.0950. The normalized spacial score (nSPS) is 11.8. The van der Waals surface area contributed by atoms with Gasteiger partial charge in [0.25, 0.3) is 5.91 Å². The van der Waals surface area contributed by atoms with Gasteiger partial charge in [0, 0.05) is 22.9 Å². The number of carbonyl (C=O) groups is 1. The molecule has 0 saturated heterocycles. The minimum atomic E-state index is -0.00150. The van der Waals surface area contributed by atoms with Crippen LogP contribution >= 0.6 is 11.8 Å². The average Bonchev–Trinajstić information content (AvgIpc) is 2.97. The van der Waals surface area contributed by atoms with E-state index in [-0.39, 0.29) is 10.7 Å². The van der Waals surface area contributed by atoms with Gasteiger partial charge >= 0.3 is 0 Å². The lowest BCUT2D eigenvalue weighted by atomic mass is 10.0. The van der Waals surface area contributed by atoms with Crippen molar-refractivity contribution in [3.8, 4) is 0 Å². The number of hydrogen-bond donors (Lipinski definition) is 2. The van der Waals surface area contributed by atoms with Crippen molar-refractivity contribution >= 4 is 28.6 Å². The number of amides is 1. The quantitative estimate of drug-likeness (QED) is 0.849. The van der Waals surface area contributed by atoms with Crippen molar-refractivity contribution in [1.29, 1.82) is 0 Å². The van der Waals surface area contributed by atoms with Gasteiger partial charge in [-0.1, -0.05) is 26.0 Å². The van der Waals surface area contributed by atoms with Gasteiger partial charge in [-0.25, -0.2) is 0 Å². The van der Waals surface area contributed by atoms with Gasteiger partial charge in [0.05, 0.1) is 11.1 Å². The summed E-state index contributed by atoms with van der Waals surface area (Å²) in [4.78, 5) is 15.6. The van der Waals surface area contributed by atoms with Gasteiger partial charge in [-0.3, -0.25) is 4.79 Å². The van der Waals surface area contributed by atoms with Crippen LogP contribution in [0.2, 0.25) is 0 Å². The molecule has 1 aromatic carbocycles. The maximum atomic E-state index is 12.4. The molecule has 0 aliphatic rings. The number of thioether (sulfide) groups is 1. The lowest BCUT2D eigenvalue weighted by Gasteiger charge is -2.29. The van der Waals surface area contributed by atoms with Crippen molar-refractivity contribution in [1.82, 2.24) is 10.3 Å². The van der Waals surface area contributed by atoms with E-state index in [9.17, 15) is 4.79 Å². The highest BCUT2D eigenvalue weighted by Gasteiger charge is 2.25. The van der Waals surface area contributed by atoms with Crippen LogP contribution in [0.5, 0.6) is 0 Å². The summed E-state index contributed by atoms with van der Waals surface area (Å²) in [5.74, 6) is -0.00150. The van der Waals surface area contributed by atoms with Crippen LogP contribution < -0.4 is 5.32 Å². The highest BCUT2D eigenvalue weighted by Crippen LogP contribution is 2.29. The molecule has 0 aliphatic heterocycles. The Balaban J connectivity index is 2.14. The number of nitrogens with one attached hydrogen (secondary N) is 2. The molecular weight excluding hydrogens is 268 g/mol. The Kier molecular flexibility index (Phi) is 4.76. The van der Waals surface area contributed by atoms with Crippen molar-refractivity contribution in [2.45, 2.75) is 31.4 Å². The molecule has 0 spiro atoms. The lowest BCUT2D eigenvalue weighted by Crippen LogP contribution is -2.39. The van der Waals surface area contributed by atoms with Crippen LogP contribution in [0.3, 0.4) is 0 Å². The molecule has 0 saturated carbocycles. The van der Waals surface area contributed by atoms with E-state index in [0.717, 1.165) is 29.3 Å². The molecule has 108 valence electrons. The standard InChI is InChI=1S/C16H22N2OS/c1-4-16(5-2,20-3)11-18-15(19)13-8-6-7-12-9-10-17-14(12)13/h6-10,17H,4-5,11H2,1-3H3,(H,18,19). The highest BCUT2D eigenvalue weighted by molar-refractivity contribution is 8.00. The molecule has 0 aliphatic carbocycles. The molecule has 2 rings (SSSR count). The number of para-hydroxylation sites is 1. The van der Waals surface area contributed by atoms with Crippen molar-refractivity contribution in [2.24, 2.45) is 0 Å². The van der Waals surface area contributed by atoms with E-state index >= 15 is 0 Å². The van der Waals surface area contributed by atoms with Gasteiger partial charge in [-0.05, 0) is 31.2 Å². The maximum absolute atomic E-state index is 12.4. The van der Waals surface area contributed by atoms with Crippen molar-refractivity contribution in [3.63, 3.8) is 0 Å². The molecule has 2 N–H and O–H groups in total. The summed E-state index contributed by atoms with van der Waals surface area (Å²) in [7, 11) is 0. The summed E-state index contributed by atoms with van der Waals surface area (Å²) in [5, 5.41) is 4.16. The smallest absolute Gasteiger partial charge is 0.253 e. The van der Waals surface area contributed by atoms with E-state index in [1.165, 1.54) is 0 Å². The van der Waals surface area contributed by atoms with Crippen LogP contribution in [0.4, 0.5) is 0 Å². The minimum Gasteiger partial charge on any atom is -0.361 e. The first-order chi connectivity index (χ1) is 9.65. The van der Waals surface area contributed by atoms with Crippen molar-refractivity contribution < 1.29 is 4.79 Å². The molecule has 20 heavy (non-hydrogen) atoms. The molecule has 1 aromatic heterocycles. The molecule has 0 bridgehead atoms. The number of H-pyrrole nitrogens is 1. The predicted molar refractivity (Wildman–Crippen MR) is 87.5 cm³/mol. The van der Waals surface area contributed by atoms with Crippen LogP contribution in [-0.2, 0) is 0 Å². The number of benzene rings is 1. The zero-order valence-corrected chi connectivity index (χ0v) is 13.1. The van der Waals surface area contributed by atoms with Gasteiger partial charge in [0.1, 0.15) is 0 Å². The molecule has 0 atom stereocenters. The van der Waals surface area contributed by atoms with Gasteiger partial charge in [0.2, 0.25) is 0 Å². The third-order valence-electron chi connectivity index (χ3n) is 4.12. The fourth-order valence-electron chi connectivity index (χ4n) is 2.47. The van der Waals surface area contributed by atoms with Gasteiger partial charge in [-0.15, -0.1) is 0 Å². The van der Waals surface area contributed by atoms with E-state index in [4.69, 9.17) is 0 Å². The average molecular weight is 290 g/mol. The first-order valence-electron chi connectivity index (χ1n) is 7.05. The summed E-state index contributed by atoms with van der Waals surface area (Å²) >= 11 is 1.84. The number of rotatable bonds is 6. The van der Waals surface area contributed by atoms with E-state index in [1.54, 1.807) is 0 Å². The SMILES string of the molecule is CCC(CC)(CNC(=O)c1cccc2cc[nH]c12)SC. The third kappa shape index (κ3) is 2.85. The van der Waals surface area contributed by atoms with Gasteiger partial charge in [0.15, 0.2) is 0 Å². The number of aromatic amines is 1. The predicted octanol–water partition coefficient (Wildman–Crippen LogP) is 3.82. The topological polar surface area (TPSA) is 44.9 Å². The van der Waals surface area contributed by atoms with E-state index < -0.39 is 0 Å². The van der Waals surface area contributed by atoms with Crippen molar-refractivity contribution in [3.05, 3.63) is 36.0 Å². The molecule has 1 amide bonds. The number of aromatic nitrogens is 1. The largest absolute Gasteiger partial charge is 0.361 e. The second-order valence-corrected chi connectivity index (χ2v) is 6.30. The molecule has 1 heterocycles. The second kappa shape index (κ2) is 6.35. The number of carbonyl (C=O) groups excluding carboxylic acids is 1. The first kappa shape index (κ1) is 15.0. The Morgan fingerprint density at radius 2 is 2.05 bits per heavy atom. The Morgan fingerprint density at radius 3 is 2.70 bits per heavy atom. The fourth-order valence-corrected chi connectivity index (χ4v) is 3.27. The highest BCUT2D eigenvalue weighted by atomic mass is 32.2. The van der Waals surface area contributed by atoms with Crippen LogP contribution in [-0.4, -0.2) is 28.4 Å². The van der Waals surface area contributed by atoms with Gasteiger partial charge in [-0.2, -0.15) is 11.8 Å². The number of hydrogen-bond acceptors (Lipinski definition) is 2. The Bertz CT molecular complexity index is 579. The Morgan fingerprint density at radius 1 is 1.30 bits per heavy atom. The Labute approximate surface area is 124 Å². The summed E-state index contributed by atoms with van der Waals surface area (Å²) in [6, 6.07) is 7.78. The molecule has 0 fully saturated rings. The molecule has 0 unspecified atom stereocenters. The summed E-state index contributed by atoms with van der Waals surface area (Å²) in [5.41, 5.74) is 1.63. The van der Waals surface area contributed by atoms with Crippen LogP contribution in [0.15, 0.2) is 30.5 Å². The van der Waals surface area contributed by atoms with Crippen LogP contribution in [0.25, 0.3) is 10.9 Å². The van der Waals surface area contributed by atoms with E-state index in [1.807, 2.05) is 42.2 Å². The fraction of sp³-hybridized carbons (Fsp3) is 0.438. The third-order valence-corrected chi connectivity index (χ3v) is 5.71. The maximum Gasteiger partial charge on any atom is 0.253 e. The molecule has 0 radical (unpaired) electrons. The Hall–Kier alpha value is -1.42. The monoisotopic (exact) mass is 290 g/mol. The molecular formula is C16H22N2OS. The van der Waals surface area contributed by atoms with E-state index in [0.29, 0.717) is 6.54 Å². The summed E-state index contributed by atoms with van der Waals surface area (Å²) in [6.07, 6.45) is 6.09. The zero-order chi connectivity index (χ0) is 14.6. The zero-order valence-electron chi connectivity index (χ0n) is 12.3. The molecule has 4 heteroatoms. The number of fused-ring (bicyclic) bond motifs is 1. The van der Waals surface area contributed by atoms with Crippen molar-refractivity contribution in [2.75, 3.05) is 12.8 Å². The minimum absolute atomic E-state index is 0.00150. The molecule has 3 nitrogen and oxygen atoms in total. The second-order valence-electron chi connectivity index (χ2n) is 5.02. The first-order valence-corrected chi connectivity index (χ1v) is 8.27.